The number of hydrogen-bond donors (Lipinski definition) is 2. The number of thiocarbonyl (C=S) groups is 1. The summed E-state index contributed by atoms with van der Waals surface area (Å²) in [5.41, 5.74) is -0.493. The van der Waals surface area contributed by atoms with Gasteiger partial charge in [-0.25, -0.2) is 8.42 Å². The Kier molecular flexibility index (Phi) is 6.49. The highest BCUT2D eigenvalue weighted by molar-refractivity contribution is 7.91. The fraction of sp³-hybridized carbons (Fsp3) is 0.917. The van der Waals surface area contributed by atoms with E-state index in [1.807, 2.05) is 6.92 Å². The van der Waals surface area contributed by atoms with E-state index in [2.05, 4.69) is 5.32 Å². The Balaban J connectivity index is 2.18. The summed E-state index contributed by atoms with van der Waals surface area (Å²) in [4.78, 5) is 0. The van der Waals surface area contributed by atoms with Gasteiger partial charge in [0, 0.05) is 6.61 Å². The minimum Gasteiger partial charge on any atom is -0.471 e. The van der Waals surface area contributed by atoms with Crippen molar-refractivity contribution >= 4 is 27.2 Å². The summed E-state index contributed by atoms with van der Waals surface area (Å²) >= 11 is 5.07. The lowest BCUT2D eigenvalue weighted by atomic mass is 10.0. The van der Waals surface area contributed by atoms with Crippen molar-refractivity contribution in [3.63, 3.8) is 0 Å². The van der Waals surface area contributed by atoms with E-state index in [0.717, 1.165) is 25.7 Å². The molecule has 0 spiro atoms. The average molecular weight is 309 g/mol. The molecule has 7 heteroatoms. The van der Waals surface area contributed by atoms with Gasteiger partial charge in [0.25, 0.3) is 5.17 Å². The van der Waals surface area contributed by atoms with Crippen LogP contribution < -0.4 is 5.32 Å². The number of ether oxygens (including phenoxy) is 1. The molecule has 112 valence electrons. The Morgan fingerprint density at radius 1 is 1.37 bits per heavy atom. The van der Waals surface area contributed by atoms with Gasteiger partial charge in [-0.1, -0.05) is 6.42 Å². The first kappa shape index (κ1) is 16.7. The third-order valence-corrected chi connectivity index (χ3v) is 5.32. The number of nitrogens with one attached hydrogen (secondary N) is 1. The molecule has 0 aliphatic carbocycles. The van der Waals surface area contributed by atoms with E-state index < -0.39 is 15.4 Å². The number of aliphatic hydroxyl groups excluding tert-OH is 1. The third-order valence-electron chi connectivity index (χ3n) is 3.19. The molecule has 1 saturated heterocycles. The number of unbranched alkanes of at least 4 members (excludes halogenated alkanes) is 3. The van der Waals surface area contributed by atoms with Gasteiger partial charge in [-0.3, -0.25) is 0 Å². The molecule has 5 nitrogen and oxygen atoms in total. The molecule has 2 N–H and O–H groups in total. The van der Waals surface area contributed by atoms with Crippen LogP contribution in [0.4, 0.5) is 0 Å². The van der Waals surface area contributed by atoms with Crippen molar-refractivity contribution in [3.05, 3.63) is 0 Å². The van der Waals surface area contributed by atoms with Gasteiger partial charge in [0.05, 0.1) is 23.7 Å². The minimum absolute atomic E-state index is 0.111. The Morgan fingerprint density at radius 3 is 2.63 bits per heavy atom. The van der Waals surface area contributed by atoms with E-state index in [1.54, 1.807) is 0 Å². The predicted octanol–water partition coefficient (Wildman–Crippen LogP) is 1.01. The molecule has 0 radical (unpaired) electrons. The van der Waals surface area contributed by atoms with E-state index in [4.69, 9.17) is 22.1 Å². The van der Waals surface area contributed by atoms with E-state index in [9.17, 15) is 8.42 Å². The summed E-state index contributed by atoms with van der Waals surface area (Å²) in [5.74, 6) is 0.320. The Hall–Kier alpha value is -0.400. The second-order valence-electron chi connectivity index (χ2n) is 5.30. The third kappa shape index (κ3) is 6.54. The quantitative estimate of drug-likeness (QED) is 0.540. The zero-order valence-corrected chi connectivity index (χ0v) is 13.0. The van der Waals surface area contributed by atoms with Crippen molar-refractivity contribution in [3.8, 4) is 0 Å². The highest BCUT2D eigenvalue weighted by Gasteiger charge is 2.39. The fourth-order valence-electron chi connectivity index (χ4n) is 2.12. The largest absolute Gasteiger partial charge is 0.471 e. The average Bonchev–Trinajstić information content (AvgIpc) is 2.57. The van der Waals surface area contributed by atoms with E-state index in [0.29, 0.717) is 13.0 Å². The molecule has 19 heavy (non-hydrogen) atoms. The molecule has 1 atom stereocenters. The van der Waals surface area contributed by atoms with Crippen LogP contribution in [0.1, 0.15) is 39.0 Å². The lowest BCUT2D eigenvalue weighted by Crippen LogP contribution is -2.47. The second kappa shape index (κ2) is 7.40. The molecule has 0 amide bonds. The van der Waals surface area contributed by atoms with Gasteiger partial charge in [0.2, 0.25) is 0 Å². The standard InChI is InChI=1S/C12H23NO4S2/c1-12(6-9-19(15,16)10-12)13-11(18)17-8-5-3-2-4-7-14/h14H,2-10H2,1H3,(H,13,18)/t12-/m1/s1. The van der Waals surface area contributed by atoms with E-state index >= 15 is 0 Å². The molecule has 0 aromatic heterocycles. The van der Waals surface area contributed by atoms with Gasteiger partial charge in [-0.15, -0.1) is 0 Å². The summed E-state index contributed by atoms with van der Waals surface area (Å²) in [6.45, 7) is 2.61. The zero-order valence-electron chi connectivity index (χ0n) is 11.4. The summed E-state index contributed by atoms with van der Waals surface area (Å²) in [7, 11) is -2.94. The molecule has 1 aliphatic rings. The van der Waals surface area contributed by atoms with Gasteiger partial charge >= 0.3 is 0 Å². The second-order valence-corrected chi connectivity index (χ2v) is 7.86. The molecule has 0 aromatic rings. The molecular weight excluding hydrogens is 286 g/mol. The lowest BCUT2D eigenvalue weighted by molar-refractivity contribution is 0.261. The maximum absolute atomic E-state index is 11.4. The molecule has 1 rings (SSSR count). The summed E-state index contributed by atoms with van der Waals surface area (Å²) < 4.78 is 28.3. The first-order chi connectivity index (χ1) is 8.87. The van der Waals surface area contributed by atoms with Crippen LogP contribution in [0.5, 0.6) is 0 Å². The first-order valence-electron chi connectivity index (χ1n) is 6.63. The molecule has 1 heterocycles. The number of rotatable bonds is 7. The SMILES string of the molecule is C[C@@]1(NC(=S)OCCCCCCO)CCS(=O)(=O)C1. The van der Waals surface area contributed by atoms with E-state index in [-0.39, 0.29) is 23.3 Å². The Labute approximate surface area is 120 Å². The van der Waals surface area contributed by atoms with Crippen molar-refractivity contribution in [2.45, 2.75) is 44.6 Å². The number of aliphatic hydroxyl groups is 1. The van der Waals surface area contributed by atoms with Crippen LogP contribution >= 0.6 is 12.2 Å². The maximum atomic E-state index is 11.4. The van der Waals surface area contributed by atoms with Crippen LogP contribution in [0, 0.1) is 0 Å². The zero-order chi connectivity index (χ0) is 14.4. The smallest absolute Gasteiger partial charge is 0.257 e. The highest BCUT2D eigenvalue weighted by atomic mass is 32.2. The Morgan fingerprint density at radius 2 is 2.05 bits per heavy atom. The van der Waals surface area contributed by atoms with Crippen LogP contribution in [0.3, 0.4) is 0 Å². The van der Waals surface area contributed by atoms with Gasteiger partial charge < -0.3 is 15.2 Å². The monoisotopic (exact) mass is 309 g/mol. The van der Waals surface area contributed by atoms with Crippen LogP contribution in [0.2, 0.25) is 0 Å². The van der Waals surface area contributed by atoms with Gasteiger partial charge in [0.1, 0.15) is 0 Å². The highest BCUT2D eigenvalue weighted by Crippen LogP contribution is 2.22. The maximum Gasteiger partial charge on any atom is 0.257 e. The molecule has 1 fully saturated rings. The van der Waals surface area contributed by atoms with Crippen LogP contribution in [0.15, 0.2) is 0 Å². The summed E-state index contributed by atoms with van der Waals surface area (Å²) in [5, 5.41) is 11.9. The molecule has 0 unspecified atom stereocenters. The molecule has 0 bridgehead atoms. The van der Waals surface area contributed by atoms with Crippen molar-refractivity contribution in [2.24, 2.45) is 0 Å². The fourth-order valence-corrected chi connectivity index (χ4v) is 4.55. The van der Waals surface area contributed by atoms with Crippen LogP contribution in [0.25, 0.3) is 0 Å². The van der Waals surface area contributed by atoms with Crippen LogP contribution in [-0.2, 0) is 14.6 Å². The number of hydrogen-bond acceptors (Lipinski definition) is 5. The molecule has 0 saturated carbocycles. The minimum atomic E-state index is -2.94. The van der Waals surface area contributed by atoms with Crippen molar-refractivity contribution in [1.82, 2.24) is 5.32 Å². The lowest BCUT2D eigenvalue weighted by Gasteiger charge is -2.25. The van der Waals surface area contributed by atoms with Crippen molar-refractivity contribution < 1.29 is 18.3 Å². The van der Waals surface area contributed by atoms with E-state index in [1.165, 1.54) is 0 Å². The molecule has 0 aromatic carbocycles. The van der Waals surface area contributed by atoms with Crippen molar-refractivity contribution in [1.29, 1.82) is 0 Å². The molecule has 1 aliphatic heterocycles. The summed E-state index contributed by atoms with van der Waals surface area (Å²) in [6.07, 6.45) is 4.25. The van der Waals surface area contributed by atoms with Gasteiger partial charge in [-0.2, -0.15) is 0 Å². The van der Waals surface area contributed by atoms with Gasteiger partial charge in [-0.05, 0) is 44.8 Å². The van der Waals surface area contributed by atoms with Crippen molar-refractivity contribution in [2.75, 3.05) is 24.7 Å². The normalized spacial score (nSPS) is 25.2. The predicted molar refractivity (Wildman–Crippen MR) is 78.9 cm³/mol. The number of sulfone groups is 1. The first-order valence-corrected chi connectivity index (χ1v) is 8.86. The topological polar surface area (TPSA) is 75.6 Å². The Bertz CT molecular complexity index is 397. The molecular formula is C12H23NO4S2. The van der Waals surface area contributed by atoms with Gasteiger partial charge in [0.15, 0.2) is 9.84 Å². The summed E-state index contributed by atoms with van der Waals surface area (Å²) in [6, 6.07) is 0. The van der Waals surface area contributed by atoms with Crippen LogP contribution in [-0.4, -0.2) is 49.0 Å².